The maximum atomic E-state index is 13.0. The fourth-order valence-electron chi connectivity index (χ4n) is 4.54. The van der Waals surface area contributed by atoms with E-state index in [-0.39, 0.29) is 15.5 Å². The third-order valence-electron chi connectivity index (χ3n) is 5.80. The van der Waals surface area contributed by atoms with Crippen LogP contribution in [-0.2, 0) is 23.3 Å². The highest BCUT2D eigenvalue weighted by atomic mass is 32.2. The van der Waals surface area contributed by atoms with E-state index in [9.17, 15) is 13.5 Å². The quantitative estimate of drug-likeness (QED) is 0.729. The average Bonchev–Trinajstić information content (AvgIpc) is 3.14. The number of aryl methyl sites for hydroxylation is 1. The van der Waals surface area contributed by atoms with E-state index in [0.717, 1.165) is 23.7 Å². The third kappa shape index (κ3) is 2.15. The van der Waals surface area contributed by atoms with Gasteiger partial charge in [-0.2, -0.15) is 0 Å². The SMILES string of the molecule is Cn1c2c(c3cc(S(=O)(=O)c4cccc(O)c4)ccc31)C1CCC(C2)N1. The minimum Gasteiger partial charge on any atom is -0.508 e. The summed E-state index contributed by atoms with van der Waals surface area (Å²) < 4.78 is 28.3. The van der Waals surface area contributed by atoms with Crippen LogP contribution >= 0.6 is 0 Å². The molecule has 6 heteroatoms. The standard InChI is InChI=1S/C20H20N2O3S/c1-22-18-8-6-15(26(24,25)14-4-2-3-13(23)10-14)11-16(18)20-17-7-5-12(21-17)9-19(20)22/h2-4,6,8,10-12,17,21,23H,5,7,9H2,1H3. The number of hydrogen-bond donors (Lipinski definition) is 2. The van der Waals surface area contributed by atoms with Crippen LogP contribution in [0.2, 0.25) is 0 Å². The van der Waals surface area contributed by atoms with Crippen molar-refractivity contribution >= 4 is 20.7 Å². The molecule has 26 heavy (non-hydrogen) atoms. The van der Waals surface area contributed by atoms with Crippen LogP contribution in [0.25, 0.3) is 10.9 Å². The van der Waals surface area contributed by atoms with Gasteiger partial charge in [0.25, 0.3) is 0 Å². The van der Waals surface area contributed by atoms with Gasteiger partial charge in [-0.3, -0.25) is 0 Å². The summed E-state index contributed by atoms with van der Waals surface area (Å²) in [6, 6.07) is 12.0. The van der Waals surface area contributed by atoms with Crippen molar-refractivity contribution in [3.8, 4) is 5.75 Å². The molecule has 2 aliphatic heterocycles. The topological polar surface area (TPSA) is 71.3 Å². The van der Waals surface area contributed by atoms with Crippen molar-refractivity contribution in [1.29, 1.82) is 0 Å². The van der Waals surface area contributed by atoms with Gasteiger partial charge in [-0.25, -0.2) is 8.42 Å². The molecule has 134 valence electrons. The molecule has 2 atom stereocenters. The molecule has 0 amide bonds. The molecule has 1 saturated heterocycles. The first-order chi connectivity index (χ1) is 12.4. The van der Waals surface area contributed by atoms with Gasteiger partial charge in [0.1, 0.15) is 5.75 Å². The number of sulfone groups is 1. The number of phenolic OH excluding ortho intramolecular Hbond substituents is 1. The smallest absolute Gasteiger partial charge is 0.206 e. The molecule has 1 aromatic heterocycles. The first-order valence-corrected chi connectivity index (χ1v) is 10.3. The molecule has 1 fully saturated rings. The summed E-state index contributed by atoms with van der Waals surface area (Å²) in [5, 5.41) is 14.3. The molecule has 5 nitrogen and oxygen atoms in total. The summed E-state index contributed by atoms with van der Waals surface area (Å²) in [4.78, 5) is 0.379. The number of nitrogens with one attached hydrogen (secondary N) is 1. The number of hydrogen-bond acceptors (Lipinski definition) is 4. The molecule has 0 spiro atoms. The highest BCUT2D eigenvalue weighted by Crippen LogP contribution is 2.42. The molecule has 2 bridgehead atoms. The summed E-state index contributed by atoms with van der Waals surface area (Å²) in [5.74, 6) is -0.0505. The molecule has 3 heterocycles. The highest BCUT2D eigenvalue weighted by Gasteiger charge is 2.36. The van der Waals surface area contributed by atoms with E-state index in [1.807, 2.05) is 6.07 Å². The second-order valence-electron chi connectivity index (χ2n) is 7.30. The molecule has 0 aliphatic carbocycles. The lowest BCUT2D eigenvalue weighted by Crippen LogP contribution is -2.32. The van der Waals surface area contributed by atoms with Gasteiger partial charge in [0.05, 0.1) is 9.79 Å². The lowest BCUT2D eigenvalue weighted by Gasteiger charge is -2.23. The first kappa shape index (κ1) is 15.9. The van der Waals surface area contributed by atoms with Crippen LogP contribution in [-0.4, -0.2) is 24.1 Å². The molecular weight excluding hydrogens is 348 g/mol. The first-order valence-electron chi connectivity index (χ1n) is 8.86. The Morgan fingerprint density at radius 3 is 2.73 bits per heavy atom. The normalized spacial score (nSPS) is 21.9. The van der Waals surface area contributed by atoms with Gasteiger partial charge < -0.3 is 15.0 Å². The van der Waals surface area contributed by atoms with E-state index in [0.29, 0.717) is 12.1 Å². The fraction of sp³-hybridized carbons (Fsp3) is 0.300. The average molecular weight is 368 g/mol. The van der Waals surface area contributed by atoms with Crippen LogP contribution < -0.4 is 5.32 Å². The van der Waals surface area contributed by atoms with Crippen molar-refractivity contribution in [3.05, 3.63) is 53.7 Å². The Morgan fingerprint density at radius 2 is 1.92 bits per heavy atom. The summed E-state index contributed by atoms with van der Waals surface area (Å²) >= 11 is 0. The Bertz CT molecular complexity index is 1150. The Morgan fingerprint density at radius 1 is 1.12 bits per heavy atom. The second-order valence-corrected chi connectivity index (χ2v) is 9.25. The number of aromatic nitrogens is 1. The largest absolute Gasteiger partial charge is 0.508 e. The second kappa shape index (κ2) is 5.34. The van der Waals surface area contributed by atoms with Gasteiger partial charge in [-0.1, -0.05) is 6.07 Å². The van der Waals surface area contributed by atoms with Crippen molar-refractivity contribution in [2.45, 2.75) is 41.1 Å². The van der Waals surface area contributed by atoms with Crippen LogP contribution in [0, 0.1) is 0 Å². The third-order valence-corrected chi connectivity index (χ3v) is 7.55. The number of fused-ring (bicyclic) bond motifs is 6. The Labute approximate surface area is 152 Å². The zero-order valence-corrected chi connectivity index (χ0v) is 15.3. The lowest BCUT2D eigenvalue weighted by atomic mass is 9.99. The van der Waals surface area contributed by atoms with E-state index in [2.05, 4.69) is 16.9 Å². The zero-order valence-electron chi connectivity index (χ0n) is 14.4. The van der Waals surface area contributed by atoms with E-state index >= 15 is 0 Å². The Balaban J connectivity index is 1.72. The van der Waals surface area contributed by atoms with E-state index in [4.69, 9.17) is 0 Å². The van der Waals surface area contributed by atoms with Gasteiger partial charge in [0.15, 0.2) is 0 Å². The molecule has 3 aromatic rings. The predicted octanol–water partition coefficient (Wildman–Crippen LogP) is 3.07. The molecule has 2 N–H and O–H groups in total. The number of nitrogens with zero attached hydrogens (tertiary/aromatic N) is 1. The van der Waals surface area contributed by atoms with E-state index in [1.165, 1.54) is 35.9 Å². The monoisotopic (exact) mass is 368 g/mol. The molecular formula is C20H20N2O3S. The van der Waals surface area contributed by atoms with Gasteiger partial charge in [-0.05, 0) is 54.8 Å². The summed E-state index contributed by atoms with van der Waals surface area (Å²) in [6.07, 6.45) is 3.26. The van der Waals surface area contributed by atoms with Gasteiger partial charge >= 0.3 is 0 Å². The van der Waals surface area contributed by atoms with Crippen molar-refractivity contribution < 1.29 is 13.5 Å². The van der Waals surface area contributed by atoms with E-state index in [1.54, 1.807) is 18.2 Å². The van der Waals surface area contributed by atoms with Crippen LogP contribution in [0.15, 0.2) is 52.3 Å². The van der Waals surface area contributed by atoms with Crippen LogP contribution in [0.5, 0.6) is 5.75 Å². The summed E-state index contributed by atoms with van der Waals surface area (Å²) in [5.41, 5.74) is 3.64. The lowest BCUT2D eigenvalue weighted by molar-refractivity contribution is 0.473. The van der Waals surface area contributed by atoms with E-state index < -0.39 is 9.84 Å². The highest BCUT2D eigenvalue weighted by molar-refractivity contribution is 7.91. The van der Waals surface area contributed by atoms with Crippen molar-refractivity contribution in [3.63, 3.8) is 0 Å². The van der Waals surface area contributed by atoms with Crippen molar-refractivity contribution in [2.24, 2.45) is 7.05 Å². The van der Waals surface area contributed by atoms with Gasteiger partial charge in [-0.15, -0.1) is 0 Å². The summed E-state index contributed by atoms with van der Waals surface area (Å²) in [6.45, 7) is 0. The fourth-order valence-corrected chi connectivity index (χ4v) is 5.86. The minimum atomic E-state index is -3.67. The van der Waals surface area contributed by atoms with Crippen molar-refractivity contribution in [1.82, 2.24) is 9.88 Å². The molecule has 2 unspecified atom stereocenters. The molecule has 0 radical (unpaired) electrons. The molecule has 2 aromatic carbocycles. The Hall–Kier alpha value is -2.31. The predicted molar refractivity (Wildman–Crippen MR) is 99.1 cm³/mol. The minimum absolute atomic E-state index is 0.0505. The number of benzene rings is 2. The Kier molecular flexibility index (Phi) is 3.27. The van der Waals surface area contributed by atoms with Crippen molar-refractivity contribution in [2.75, 3.05) is 0 Å². The summed E-state index contributed by atoms with van der Waals surface area (Å²) in [7, 11) is -1.61. The molecule has 2 aliphatic rings. The maximum absolute atomic E-state index is 13.0. The number of aromatic hydroxyl groups is 1. The molecule has 0 saturated carbocycles. The van der Waals surface area contributed by atoms with Crippen LogP contribution in [0.4, 0.5) is 0 Å². The van der Waals surface area contributed by atoms with Gasteiger partial charge in [0.2, 0.25) is 9.84 Å². The molecule has 5 rings (SSSR count). The zero-order chi connectivity index (χ0) is 18.1. The van der Waals surface area contributed by atoms with Crippen LogP contribution in [0.3, 0.4) is 0 Å². The van der Waals surface area contributed by atoms with Gasteiger partial charge in [0, 0.05) is 42.1 Å². The number of rotatable bonds is 2. The maximum Gasteiger partial charge on any atom is 0.206 e. The van der Waals surface area contributed by atoms with Crippen LogP contribution in [0.1, 0.15) is 30.1 Å². The number of phenols is 1.